The van der Waals surface area contributed by atoms with Gasteiger partial charge in [0, 0.05) is 5.41 Å². The van der Waals surface area contributed by atoms with Gasteiger partial charge in [0.25, 0.3) is 0 Å². The fourth-order valence-corrected chi connectivity index (χ4v) is 6.32. The first kappa shape index (κ1) is 16.9. The van der Waals surface area contributed by atoms with Crippen LogP contribution in [0, 0.1) is 17.3 Å². The summed E-state index contributed by atoms with van der Waals surface area (Å²) in [6.45, 7) is 5.56. The molecule has 23 heavy (non-hydrogen) atoms. The van der Waals surface area contributed by atoms with Gasteiger partial charge in [0.2, 0.25) is 0 Å². The molecule has 4 nitrogen and oxygen atoms in total. The van der Waals surface area contributed by atoms with Crippen LogP contribution in [0.3, 0.4) is 0 Å². The van der Waals surface area contributed by atoms with Crippen molar-refractivity contribution in [1.82, 2.24) is 0 Å². The molecule has 4 rings (SSSR count). The number of ether oxygens (including phenoxy) is 1. The monoisotopic (exact) mass is 322 g/mol. The minimum Gasteiger partial charge on any atom is -0.459 e. The third-order valence-electron chi connectivity index (χ3n) is 6.89. The van der Waals surface area contributed by atoms with Gasteiger partial charge in [-0.2, -0.15) is 0 Å². The Morgan fingerprint density at radius 2 is 1.70 bits per heavy atom. The molecule has 0 radical (unpaired) electrons. The summed E-state index contributed by atoms with van der Waals surface area (Å²) in [5.74, 6) is 0.566. The van der Waals surface area contributed by atoms with Gasteiger partial charge in [0.05, 0.1) is 5.60 Å². The predicted octanol–water partition coefficient (Wildman–Crippen LogP) is 3.40. The lowest BCUT2D eigenvalue weighted by Crippen LogP contribution is -2.64. The summed E-state index contributed by atoms with van der Waals surface area (Å²) in [7, 11) is 0. The van der Waals surface area contributed by atoms with Crippen molar-refractivity contribution in [3.05, 3.63) is 0 Å². The highest BCUT2D eigenvalue weighted by molar-refractivity contribution is 5.94. The molecule has 4 fully saturated rings. The van der Waals surface area contributed by atoms with E-state index in [1.54, 1.807) is 0 Å². The second-order valence-electron chi connectivity index (χ2n) is 8.52. The number of ketones is 1. The quantitative estimate of drug-likeness (QED) is 0.601. The molecule has 0 saturated heterocycles. The van der Waals surface area contributed by atoms with E-state index in [9.17, 15) is 14.7 Å². The van der Waals surface area contributed by atoms with E-state index < -0.39 is 11.2 Å². The number of rotatable bonds is 6. The number of carbonyl (C=O) groups excluding carboxylic acids is 2. The topological polar surface area (TPSA) is 63.6 Å². The van der Waals surface area contributed by atoms with Crippen LogP contribution in [-0.4, -0.2) is 28.1 Å². The molecule has 4 aliphatic carbocycles. The average molecular weight is 322 g/mol. The van der Waals surface area contributed by atoms with Crippen LogP contribution in [0.1, 0.15) is 78.6 Å². The Bertz CT molecular complexity index is 491. The first-order chi connectivity index (χ1) is 10.8. The van der Waals surface area contributed by atoms with Crippen molar-refractivity contribution in [1.29, 1.82) is 0 Å². The largest absolute Gasteiger partial charge is 0.459 e. The van der Waals surface area contributed by atoms with Gasteiger partial charge in [-0.3, -0.25) is 9.59 Å². The highest BCUT2D eigenvalue weighted by Gasteiger charge is 2.64. The summed E-state index contributed by atoms with van der Waals surface area (Å²) < 4.78 is 5.90. The fourth-order valence-electron chi connectivity index (χ4n) is 6.32. The molecule has 4 aliphatic rings. The molecular weight excluding hydrogens is 292 g/mol. The molecule has 0 spiro atoms. The predicted molar refractivity (Wildman–Crippen MR) is 86.8 cm³/mol. The van der Waals surface area contributed by atoms with E-state index in [0.717, 1.165) is 44.9 Å². The Kier molecular flexibility index (Phi) is 4.11. The minimum atomic E-state index is -0.664. The lowest BCUT2D eigenvalue weighted by Gasteiger charge is -2.65. The number of aliphatic hydroxyl groups is 1. The zero-order valence-corrected chi connectivity index (χ0v) is 14.7. The van der Waals surface area contributed by atoms with Crippen molar-refractivity contribution in [3.63, 3.8) is 0 Å². The molecule has 0 aromatic rings. The van der Waals surface area contributed by atoms with E-state index in [4.69, 9.17) is 4.74 Å². The van der Waals surface area contributed by atoms with E-state index in [2.05, 4.69) is 13.8 Å². The van der Waals surface area contributed by atoms with Crippen LogP contribution in [0.5, 0.6) is 0 Å². The molecule has 4 saturated carbocycles. The molecule has 0 aromatic carbocycles. The third-order valence-corrected chi connectivity index (χ3v) is 6.89. The second-order valence-corrected chi connectivity index (χ2v) is 8.52. The van der Waals surface area contributed by atoms with Gasteiger partial charge in [0.1, 0.15) is 17.8 Å². The van der Waals surface area contributed by atoms with E-state index >= 15 is 0 Å². The molecule has 0 heterocycles. The van der Waals surface area contributed by atoms with Gasteiger partial charge < -0.3 is 9.84 Å². The number of Topliss-reactive ketones (excluding diaryl/α,β-unsaturated/α-hetero) is 1. The number of carbonyl (C=O) groups is 2. The molecule has 0 amide bonds. The maximum Gasteiger partial charge on any atom is 0.313 e. The molecule has 0 aliphatic heterocycles. The van der Waals surface area contributed by atoms with Crippen LogP contribution in [0.4, 0.5) is 0 Å². The number of hydrogen-bond donors (Lipinski definition) is 1. The summed E-state index contributed by atoms with van der Waals surface area (Å²) >= 11 is 0. The smallest absolute Gasteiger partial charge is 0.313 e. The summed E-state index contributed by atoms with van der Waals surface area (Å²) in [5, 5.41) is 11.3. The van der Waals surface area contributed by atoms with E-state index in [1.165, 1.54) is 13.3 Å². The zero-order valence-electron chi connectivity index (χ0n) is 14.7. The van der Waals surface area contributed by atoms with E-state index in [0.29, 0.717) is 11.8 Å². The van der Waals surface area contributed by atoms with E-state index in [-0.39, 0.29) is 23.6 Å². The molecule has 2 unspecified atom stereocenters. The lowest BCUT2D eigenvalue weighted by atomic mass is 9.43. The summed E-state index contributed by atoms with van der Waals surface area (Å²) in [5.41, 5.74) is -1.21. The first-order valence-corrected chi connectivity index (χ1v) is 9.19. The maximum absolute atomic E-state index is 12.1. The molecule has 0 aromatic heterocycles. The van der Waals surface area contributed by atoms with Gasteiger partial charge in [-0.15, -0.1) is 0 Å². The third kappa shape index (κ3) is 2.73. The second kappa shape index (κ2) is 5.58. The van der Waals surface area contributed by atoms with Crippen molar-refractivity contribution >= 4 is 11.8 Å². The van der Waals surface area contributed by atoms with Crippen LogP contribution in [0.15, 0.2) is 0 Å². The molecule has 4 bridgehead atoms. The van der Waals surface area contributed by atoms with Crippen LogP contribution in [-0.2, 0) is 14.3 Å². The molecule has 4 heteroatoms. The molecule has 130 valence electrons. The normalized spacial score (nSPS) is 38.6. The van der Waals surface area contributed by atoms with Crippen LogP contribution in [0.25, 0.3) is 0 Å². The fraction of sp³-hybridized carbons (Fsp3) is 0.895. The van der Waals surface area contributed by atoms with E-state index in [1.807, 2.05) is 0 Å². The molecular formula is C19H30O4. The van der Waals surface area contributed by atoms with Crippen LogP contribution in [0.2, 0.25) is 0 Å². The molecule has 2 atom stereocenters. The Labute approximate surface area is 139 Å². The van der Waals surface area contributed by atoms with Gasteiger partial charge in [-0.05, 0) is 70.1 Å². The first-order valence-electron chi connectivity index (χ1n) is 9.19. The lowest BCUT2D eigenvalue weighted by molar-refractivity contribution is -0.242. The van der Waals surface area contributed by atoms with Gasteiger partial charge in [0.15, 0.2) is 0 Å². The van der Waals surface area contributed by atoms with Crippen molar-refractivity contribution < 1.29 is 19.4 Å². The van der Waals surface area contributed by atoms with Crippen molar-refractivity contribution in [2.45, 2.75) is 89.8 Å². The summed E-state index contributed by atoms with van der Waals surface area (Å²) in [6.07, 6.45) is 7.31. The Balaban J connectivity index is 1.87. The van der Waals surface area contributed by atoms with Crippen molar-refractivity contribution in [2.75, 3.05) is 0 Å². The van der Waals surface area contributed by atoms with Crippen molar-refractivity contribution in [3.8, 4) is 0 Å². The van der Waals surface area contributed by atoms with Gasteiger partial charge in [-0.1, -0.05) is 13.8 Å². The maximum atomic E-state index is 12.1. The number of hydrogen-bond acceptors (Lipinski definition) is 4. The Hall–Kier alpha value is -0.900. The Morgan fingerprint density at radius 3 is 2.17 bits per heavy atom. The summed E-state index contributed by atoms with van der Waals surface area (Å²) in [4.78, 5) is 23.3. The van der Waals surface area contributed by atoms with Crippen LogP contribution >= 0.6 is 0 Å². The standard InChI is InChI=1S/C19H30O4/c1-4-19(22,5-2)17-8-14-7-15(9-17)11-18(10-14,12-17)23-16(21)6-13(3)20/h14-15,22H,4-12H2,1-3H3. The zero-order chi connectivity index (χ0) is 16.9. The molecule has 1 N–H and O–H groups in total. The highest BCUT2D eigenvalue weighted by atomic mass is 16.6. The van der Waals surface area contributed by atoms with Crippen molar-refractivity contribution in [2.24, 2.45) is 17.3 Å². The number of esters is 1. The van der Waals surface area contributed by atoms with Gasteiger partial charge in [-0.25, -0.2) is 0 Å². The van der Waals surface area contributed by atoms with Gasteiger partial charge >= 0.3 is 5.97 Å². The average Bonchev–Trinajstić information content (AvgIpc) is 2.43. The summed E-state index contributed by atoms with van der Waals surface area (Å²) in [6, 6.07) is 0. The minimum absolute atomic E-state index is 0.114. The van der Waals surface area contributed by atoms with Crippen LogP contribution < -0.4 is 0 Å². The Morgan fingerprint density at radius 1 is 1.13 bits per heavy atom. The SMILES string of the molecule is CCC(O)(CC)C12CC3CC(CC(OC(=O)CC(C)=O)(C3)C1)C2. The highest BCUT2D eigenvalue weighted by Crippen LogP contribution is 2.67.